The van der Waals surface area contributed by atoms with Crippen molar-refractivity contribution in [2.24, 2.45) is 5.92 Å². The largest absolute Gasteiger partial charge is 0.508 e. The van der Waals surface area contributed by atoms with Crippen LogP contribution in [0.4, 0.5) is 0 Å². The molecule has 10 atom stereocenters. The fourth-order valence-electron chi connectivity index (χ4n) is 7.92. The van der Waals surface area contributed by atoms with E-state index in [4.69, 9.17) is 14.5 Å². The van der Waals surface area contributed by atoms with E-state index in [0.29, 0.717) is 16.7 Å². The molecule has 2 fully saturated rings. The summed E-state index contributed by atoms with van der Waals surface area (Å²) in [5, 5.41) is 42.2. The first-order valence-corrected chi connectivity index (χ1v) is 23.6. The van der Waals surface area contributed by atoms with Crippen LogP contribution < -0.4 is 21.3 Å². The Bertz CT molecular complexity index is 2300. The number of carbonyl (C=O) groups excluding carboxylic acids is 7. The van der Waals surface area contributed by atoms with E-state index in [-0.39, 0.29) is 44.3 Å². The van der Waals surface area contributed by atoms with Crippen molar-refractivity contribution in [2.75, 3.05) is 13.7 Å². The van der Waals surface area contributed by atoms with Gasteiger partial charge in [-0.05, 0) is 54.5 Å². The molecule has 68 heavy (non-hydrogen) atoms. The van der Waals surface area contributed by atoms with E-state index < -0.39 is 116 Å². The summed E-state index contributed by atoms with van der Waals surface area (Å²) in [6.45, 7) is 3.35. The summed E-state index contributed by atoms with van der Waals surface area (Å²) in [6.07, 6.45) is -5.87. The Kier molecular flexibility index (Phi) is 18.4. The molecule has 21 nitrogen and oxygen atoms in total. The van der Waals surface area contributed by atoms with E-state index in [1.165, 1.54) is 38.2 Å². The van der Waals surface area contributed by atoms with Gasteiger partial charge in [0.1, 0.15) is 54.3 Å². The molecule has 2 bridgehead atoms. The molecule has 22 heteroatoms. The summed E-state index contributed by atoms with van der Waals surface area (Å²) in [5.74, 6) is -7.74. The van der Waals surface area contributed by atoms with Crippen LogP contribution in [0, 0.1) is 5.92 Å². The number of phenols is 1. The van der Waals surface area contributed by atoms with Gasteiger partial charge in [-0.3, -0.25) is 33.3 Å². The van der Waals surface area contributed by atoms with E-state index in [0.717, 1.165) is 9.80 Å². The molecule has 5 rings (SSSR count). The van der Waals surface area contributed by atoms with E-state index in [1.807, 2.05) is 0 Å². The number of esters is 1. The second-order valence-electron chi connectivity index (χ2n) is 17.0. The number of hydrogen-bond donors (Lipinski definition) is 9. The topological polar surface area (TPSA) is 311 Å². The molecule has 2 aliphatic heterocycles. The minimum Gasteiger partial charge on any atom is -0.508 e. The number of hydrogen-bond acceptors (Lipinski definition) is 13. The lowest BCUT2D eigenvalue weighted by atomic mass is 9.95. The molecule has 0 unspecified atom stereocenters. The number of piperidine rings is 1. The van der Waals surface area contributed by atoms with Crippen LogP contribution in [0.15, 0.2) is 84.9 Å². The highest BCUT2D eigenvalue weighted by Gasteiger charge is 2.46. The third-order valence-electron chi connectivity index (χ3n) is 12.0. The smallest absolute Gasteiger partial charge is 0.469 e. The summed E-state index contributed by atoms with van der Waals surface area (Å²) in [7, 11) is -3.83. The number of benzene rings is 3. The highest BCUT2D eigenvalue weighted by atomic mass is 31.2. The average Bonchev–Trinajstić information content (AvgIpc) is 3.30. The number of aliphatic hydroxyl groups excluding tert-OH is 2. The number of fused-ring (bicyclic) bond motifs is 2. The number of phosphoric ester groups is 1. The Morgan fingerprint density at radius 1 is 0.809 bits per heavy atom. The average molecular weight is 967 g/mol. The number of carbonyl (C=O) groups is 7. The number of rotatable bonds is 13. The highest BCUT2D eigenvalue weighted by molar-refractivity contribution is 7.46. The van der Waals surface area contributed by atoms with Crippen LogP contribution in [-0.4, -0.2) is 145 Å². The lowest BCUT2D eigenvalue weighted by Gasteiger charge is -2.43. The first-order valence-electron chi connectivity index (χ1n) is 22.1. The Hall–Kier alpha value is -6.22. The maximum Gasteiger partial charge on any atom is 0.469 e. The second kappa shape index (κ2) is 23.7. The molecule has 2 saturated heterocycles. The van der Waals surface area contributed by atoms with Gasteiger partial charge in [0, 0.05) is 26.3 Å². The quantitative estimate of drug-likeness (QED) is 0.0802. The van der Waals surface area contributed by atoms with Crippen LogP contribution in [0.2, 0.25) is 0 Å². The standard InChI is InChI=1S/C46H59N6O15P/c1-5-26(2)38-46(62)67-27(3)39(50-42(58)36(54)25-66-68(63,64)65)43(59)48-33(22-28-12-8-6-9-13-28)40(56)47-32-20-21-37(55)52(44(32)60)35(24-29-14-10-7-11-15-29)45(61)51(4)34(41(57)49-38)23-30-16-18-31(53)19-17-30/h6-19,26-27,32-39,53-55H,5,20-25H2,1-4H3,(H,47,56)(H,48,59)(H,49,57)(H,50,58)(H2,63,64,65)/t26-,27+,32-,33-,34+,35-,36-,37+,38-,39-/m0/s1. The van der Waals surface area contributed by atoms with Gasteiger partial charge in [-0.15, -0.1) is 0 Å². The van der Waals surface area contributed by atoms with E-state index in [1.54, 1.807) is 74.5 Å². The predicted molar refractivity (Wildman–Crippen MR) is 241 cm³/mol. The van der Waals surface area contributed by atoms with Crippen molar-refractivity contribution < 1.29 is 72.5 Å². The third kappa shape index (κ3) is 14.2. The van der Waals surface area contributed by atoms with Crippen molar-refractivity contribution in [3.8, 4) is 5.75 Å². The van der Waals surface area contributed by atoms with Crippen molar-refractivity contribution >= 4 is 49.2 Å². The fraction of sp³-hybridized carbons (Fsp3) is 0.457. The van der Waals surface area contributed by atoms with Gasteiger partial charge in [-0.25, -0.2) is 9.36 Å². The molecular formula is C46H59N6O15P. The van der Waals surface area contributed by atoms with E-state index in [9.17, 15) is 48.7 Å². The SMILES string of the molecule is CC[C@H](C)[C@@H]1NC(=O)[C@@H](Cc2ccc(O)cc2)N(C)C(=O)[C@H](Cc2ccccc2)N2C(=O)[C@H](CC[C@H]2O)NC(=O)[C@H](Cc2ccccc2)NC(=O)[C@@H](NC(=O)[C@@H](O)COP(=O)(O)O)[C@@H](C)OC1=O. The minimum absolute atomic E-state index is 0.0717. The number of nitrogens with one attached hydrogen (secondary N) is 4. The summed E-state index contributed by atoms with van der Waals surface area (Å²) in [5.41, 5.74) is 1.61. The van der Waals surface area contributed by atoms with E-state index >= 15 is 4.79 Å². The third-order valence-corrected chi connectivity index (χ3v) is 12.5. The van der Waals surface area contributed by atoms with Crippen molar-refractivity contribution in [1.82, 2.24) is 31.1 Å². The molecule has 9 N–H and O–H groups in total. The number of phosphoric acid groups is 1. The lowest BCUT2D eigenvalue weighted by molar-refractivity contribution is -0.165. The van der Waals surface area contributed by atoms with Gasteiger partial charge in [-0.2, -0.15) is 0 Å². The van der Waals surface area contributed by atoms with Crippen molar-refractivity contribution in [2.45, 2.75) is 114 Å². The summed E-state index contributed by atoms with van der Waals surface area (Å²) in [6, 6.07) is 13.7. The van der Waals surface area contributed by atoms with Crippen LogP contribution in [0.25, 0.3) is 0 Å². The molecule has 2 heterocycles. The molecule has 6 amide bonds. The van der Waals surface area contributed by atoms with Gasteiger partial charge in [0.25, 0.3) is 5.91 Å². The molecule has 0 saturated carbocycles. The van der Waals surface area contributed by atoms with Crippen LogP contribution in [0.3, 0.4) is 0 Å². The van der Waals surface area contributed by atoms with Crippen molar-refractivity contribution in [3.05, 3.63) is 102 Å². The van der Waals surface area contributed by atoms with Gasteiger partial charge >= 0.3 is 13.8 Å². The maximum absolute atomic E-state index is 15.1. The van der Waals surface area contributed by atoms with Gasteiger partial charge in [-0.1, -0.05) is 93.1 Å². The minimum atomic E-state index is -5.17. The van der Waals surface area contributed by atoms with Gasteiger partial charge in [0.15, 0.2) is 6.10 Å². The molecule has 368 valence electrons. The lowest BCUT2D eigenvalue weighted by Crippen LogP contribution is -2.65. The molecule has 2 aliphatic rings. The molecule has 0 aliphatic carbocycles. The number of ether oxygens (including phenoxy) is 1. The summed E-state index contributed by atoms with van der Waals surface area (Å²) >= 11 is 0. The van der Waals surface area contributed by atoms with Crippen molar-refractivity contribution in [1.29, 1.82) is 0 Å². The van der Waals surface area contributed by atoms with Crippen molar-refractivity contribution in [3.63, 3.8) is 0 Å². The molecule has 0 radical (unpaired) electrons. The van der Waals surface area contributed by atoms with Crippen LogP contribution >= 0.6 is 7.82 Å². The molecule has 0 aromatic heterocycles. The maximum atomic E-state index is 15.1. The number of cyclic esters (lactones) is 1. The van der Waals surface area contributed by atoms with Gasteiger partial charge in [0.2, 0.25) is 29.5 Å². The van der Waals surface area contributed by atoms with Gasteiger partial charge < -0.3 is 60.9 Å². The Balaban J connectivity index is 1.64. The zero-order valence-electron chi connectivity index (χ0n) is 38.0. The zero-order chi connectivity index (χ0) is 49.9. The van der Waals surface area contributed by atoms with Crippen LogP contribution in [0.1, 0.15) is 56.7 Å². The summed E-state index contributed by atoms with van der Waals surface area (Å²) < 4.78 is 21.4. The molecule has 3 aromatic carbocycles. The Morgan fingerprint density at radius 3 is 1.97 bits per heavy atom. The Morgan fingerprint density at radius 2 is 1.38 bits per heavy atom. The molecule has 0 spiro atoms. The monoisotopic (exact) mass is 966 g/mol. The predicted octanol–water partition coefficient (Wildman–Crippen LogP) is -0.0427. The van der Waals surface area contributed by atoms with Gasteiger partial charge in [0.05, 0.1) is 6.61 Å². The fourth-order valence-corrected chi connectivity index (χ4v) is 8.25. The highest BCUT2D eigenvalue weighted by Crippen LogP contribution is 2.35. The zero-order valence-corrected chi connectivity index (χ0v) is 38.9. The van der Waals surface area contributed by atoms with Crippen LogP contribution in [-0.2, 0) is 66.6 Å². The molecule has 3 aromatic rings. The number of phenolic OH excluding ortho intramolecular Hbond substituents is 1. The number of likely N-dealkylation sites (N-methyl/N-ethyl adjacent to an activating group) is 1. The first kappa shape index (κ1) is 52.7. The van der Waals surface area contributed by atoms with Crippen LogP contribution in [0.5, 0.6) is 5.75 Å². The first-order chi connectivity index (χ1) is 32.2. The number of aliphatic hydroxyl groups is 2. The number of amides is 6. The number of aromatic hydroxyl groups is 1. The van der Waals surface area contributed by atoms with E-state index in [2.05, 4.69) is 25.8 Å². The second-order valence-corrected chi connectivity index (χ2v) is 18.2. The molecular weight excluding hydrogens is 908 g/mol. The summed E-state index contributed by atoms with van der Waals surface area (Å²) in [4.78, 5) is 121. The Labute approximate surface area is 392 Å². The normalized spacial score (nSPS) is 25.6. The number of nitrogens with zero attached hydrogens (tertiary/aromatic N) is 2.